The van der Waals surface area contributed by atoms with Crippen LogP contribution >= 0.6 is 11.8 Å². The molecule has 3 nitrogen and oxygen atoms in total. The average molecular weight is 369 g/mol. The predicted octanol–water partition coefficient (Wildman–Crippen LogP) is 5.69. The SMILES string of the molecule is CCC(C)Sc1cc(C(F)(F)F)ccc1C(=O)c1cc(C2CC2)on1. The van der Waals surface area contributed by atoms with E-state index in [1.165, 1.54) is 17.8 Å². The summed E-state index contributed by atoms with van der Waals surface area (Å²) in [7, 11) is 0. The number of benzene rings is 1. The fraction of sp³-hybridized carbons (Fsp3) is 0.444. The average Bonchev–Trinajstić information content (AvgIpc) is 3.30. The van der Waals surface area contributed by atoms with Crippen LogP contribution in [0.3, 0.4) is 0 Å². The molecule has 1 unspecified atom stereocenters. The van der Waals surface area contributed by atoms with E-state index in [0.717, 1.165) is 31.4 Å². The van der Waals surface area contributed by atoms with Gasteiger partial charge in [0, 0.05) is 27.7 Å². The Kier molecular flexibility index (Phi) is 4.95. The number of hydrogen-bond acceptors (Lipinski definition) is 4. The number of rotatable bonds is 6. The minimum atomic E-state index is -4.45. The molecular weight excluding hydrogens is 351 g/mol. The van der Waals surface area contributed by atoms with Crippen LogP contribution < -0.4 is 0 Å². The Labute approximate surface area is 148 Å². The number of alkyl halides is 3. The molecule has 1 saturated carbocycles. The van der Waals surface area contributed by atoms with Crippen molar-refractivity contribution in [2.45, 2.75) is 55.3 Å². The van der Waals surface area contributed by atoms with E-state index in [-0.39, 0.29) is 16.5 Å². The second kappa shape index (κ2) is 6.86. The third-order valence-electron chi connectivity index (χ3n) is 4.20. The van der Waals surface area contributed by atoms with Crippen molar-refractivity contribution in [1.29, 1.82) is 0 Å². The molecule has 0 aliphatic heterocycles. The zero-order chi connectivity index (χ0) is 18.2. The van der Waals surface area contributed by atoms with Crippen LogP contribution in [-0.2, 0) is 6.18 Å². The number of halogens is 3. The molecule has 1 aromatic heterocycles. The predicted molar refractivity (Wildman–Crippen MR) is 89.0 cm³/mol. The minimum Gasteiger partial charge on any atom is -0.360 e. The van der Waals surface area contributed by atoms with Gasteiger partial charge in [-0.1, -0.05) is 19.0 Å². The molecule has 1 aliphatic rings. The summed E-state index contributed by atoms with van der Waals surface area (Å²) in [5.41, 5.74) is -0.379. The first kappa shape index (κ1) is 18.0. The van der Waals surface area contributed by atoms with E-state index < -0.39 is 17.5 Å². The van der Waals surface area contributed by atoms with Crippen molar-refractivity contribution in [3.63, 3.8) is 0 Å². The van der Waals surface area contributed by atoms with Gasteiger partial charge in [-0.15, -0.1) is 11.8 Å². The van der Waals surface area contributed by atoms with Crippen LogP contribution in [0.5, 0.6) is 0 Å². The van der Waals surface area contributed by atoms with Crippen molar-refractivity contribution in [2.75, 3.05) is 0 Å². The van der Waals surface area contributed by atoms with Crippen LogP contribution in [0.25, 0.3) is 0 Å². The molecule has 0 N–H and O–H groups in total. The molecule has 0 radical (unpaired) electrons. The third kappa shape index (κ3) is 4.08. The Morgan fingerprint density at radius 1 is 1.36 bits per heavy atom. The normalized spacial score (nSPS) is 16.0. The van der Waals surface area contributed by atoms with Gasteiger partial charge in [0.1, 0.15) is 5.76 Å². The third-order valence-corrected chi connectivity index (χ3v) is 5.52. The maximum Gasteiger partial charge on any atom is 0.416 e. The lowest BCUT2D eigenvalue weighted by Crippen LogP contribution is -2.09. The number of thioether (sulfide) groups is 1. The minimum absolute atomic E-state index is 0.0920. The quantitative estimate of drug-likeness (QED) is 0.484. The topological polar surface area (TPSA) is 43.1 Å². The first-order chi connectivity index (χ1) is 11.8. The lowest BCUT2D eigenvalue weighted by Gasteiger charge is -2.14. The van der Waals surface area contributed by atoms with Gasteiger partial charge in [-0.3, -0.25) is 4.79 Å². The zero-order valence-electron chi connectivity index (χ0n) is 13.9. The van der Waals surface area contributed by atoms with Crippen molar-refractivity contribution in [1.82, 2.24) is 5.16 Å². The molecule has 0 saturated heterocycles. The summed E-state index contributed by atoms with van der Waals surface area (Å²) in [4.78, 5) is 13.1. The van der Waals surface area contributed by atoms with Gasteiger partial charge >= 0.3 is 6.18 Å². The Bertz CT molecular complexity index is 781. The highest BCUT2D eigenvalue weighted by molar-refractivity contribution is 8.00. The number of aromatic nitrogens is 1. The first-order valence-electron chi connectivity index (χ1n) is 8.18. The molecule has 1 heterocycles. The Morgan fingerprint density at radius 3 is 2.68 bits per heavy atom. The molecule has 0 spiro atoms. The van der Waals surface area contributed by atoms with Crippen LogP contribution in [0.2, 0.25) is 0 Å². The second-order valence-electron chi connectivity index (χ2n) is 6.26. The van der Waals surface area contributed by atoms with Gasteiger partial charge in [0.25, 0.3) is 0 Å². The molecule has 134 valence electrons. The summed E-state index contributed by atoms with van der Waals surface area (Å²) >= 11 is 1.27. The van der Waals surface area contributed by atoms with Gasteiger partial charge in [0.2, 0.25) is 5.78 Å². The van der Waals surface area contributed by atoms with Crippen molar-refractivity contribution < 1.29 is 22.5 Å². The maximum absolute atomic E-state index is 13.0. The Morgan fingerprint density at radius 2 is 2.08 bits per heavy atom. The molecule has 25 heavy (non-hydrogen) atoms. The number of ketones is 1. The summed E-state index contributed by atoms with van der Waals surface area (Å²) in [6.07, 6.45) is -1.64. The van der Waals surface area contributed by atoms with Crippen molar-refractivity contribution in [2.24, 2.45) is 0 Å². The largest absolute Gasteiger partial charge is 0.416 e. The second-order valence-corrected chi connectivity index (χ2v) is 7.74. The summed E-state index contributed by atoms with van der Waals surface area (Å²) in [6.45, 7) is 3.87. The number of carbonyl (C=O) groups excluding carboxylic acids is 1. The molecule has 2 aromatic rings. The van der Waals surface area contributed by atoms with Gasteiger partial charge in [0.05, 0.1) is 5.56 Å². The molecular formula is C18H18F3NO2S. The van der Waals surface area contributed by atoms with Crippen LogP contribution in [0.4, 0.5) is 13.2 Å². The molecule has 1 aromatic carbocycles. The highest BCUT2D eigenvalue weighted by Crippen LogP contribution is 2.41. The smallest absolute Gasteiger partial charge is 0.360 e. The fourth-order valence-corrected chi connectivity index (χ4v) is 3.46. The Balaban J connectivity index is 1.95. The van der Waals surface area contributed by atoms with Crippen molar-refractivity contribution >= 4 is 17.5 Å². The van der Waals surface area contributed by atoms with E-state index >= 15 is 0 Å². The standard InChI is InChI=1S/C18H18F3NO2S/c1-3-10(2)25-16-8-12(18(19,20)21)6-7-13(16)17(23)14-9-15(24-22-14)11-4-5-11/h6-11H,3-5H2,1-2H3. The van der Waals surface area contributed by atoms with Gasteiger partial charge < -0.3 is 4.52 Å². The fourth-order valence-electron chi connectivity index (χ4n) is 2.38. The van der Waals surface area contributed by atoms with E-state index in [4.69, 9.17) is 4.52 Å². The molecule has 0 bridgehead atoms. The van der Waals surface area contributed by atoms with E-state index in [9.17, 15) is 18.0 Å². The molecule has 1 fully saturated rings. The summed E-state index contributed by atoms with van der Waals surface area (Å²) in [5.74, 6) is 0.581. The van der Waals surface area contributed by atoms with Crippen LogP contribution in [0.15, 0.2) is 33.7 Å². The van der Waals surface area contributed by atoms with Crippen molar-refractivity contribution in [3.05, 3.63) is 46.8 Å². The molecule has 1 aliphatic carbocycles. The van der Waals surface area contributed by atoms with Gasteiger partial charge in [-0.25, -0.2) is 0 Å². The van der Waals surface area contributed by atoms with E-state index in [1.807, 2.05) is 13.8 Å². The zero-order valence-corrected chi connectivity index (χ0v) is 14.7. The van der Waals surface area contributed by atoms with Crippen LogP contribution in [0.1, 0.15) is 66.4 Å². The van der Waals surface area contributed by atoms with Crippen LogP contribution in [-0.4, -0.2) is 16.2 Å². The molecule has 3 rings (SSSR count). The molecule has 0 amide bonds. The monoisotopic (exact) mass is 369 g/mol. The lowest BCUT2D eigenvalue weighted by molar-refractivity contribution is -0.137. The van der Waals surface area contributed by atoms with Gasteiger partial charge in [-0.2, -0.15) is 13.2 Å². The maximum atomic E-state index is 13.0. The summed E-state index contributed by atoms with van der Waals surface area (Å²) in [6, 6.07) is 4.83. The van der Waals surface area contributed by atoms with Gasteiger partial charge in [0.15, 0.2) is 5.69 Å². The Hall–Kier alpha value is -1.76. The van der Waals surface area contributed by atoms with E-state index in [1.54, 1.807) is 6.07 Å². The summed E-state index contributed by atoms with van der Waals surface area (Å²) < 4.78 is 44.3. The number of carbonyl (C=O) groups is 1. The molecule has 7 heteroatoms. The molecule has 1 atom stereocenters. The van der Waals surface area contributed by atoms with E-state index in [0.29, 0.717) is 16.6 Å². The summed E-state index contributed by atoms with van der Waals surface area (Å²) in [5, 5.41) is 3.90. The highest BCUT2D eigenvalue weighted by atomic mass is 32.2. The van der Waals surface area contributed by atoms with Crippen LogP contribution in [0, 0.1) is 0 Å². The highest BCUT2D eigenvalue weighted by Gasteiger charge is 2.33. The lowest BCUT2D eigenvalue weighted by atomic mass is 10.1. The number of nitrogens with zero attached hydrogens (tertiary/aromatic N) is 1. The first-order valence-corrected chi connectivity index (χ1v) is 9.06. The van der Waals surface area contributed by atoms with Crippen molar-refractivity contribution in [3.8, 4) is 0 Å². The number of hydrogen-bond donors (Lipinski definition) is 0. The van der Waals surface area contributed by atoms with Gasteiger partial charge in [-0.05, 0) is 37.5 Å². The van der Waals surface area contributed by atoms with E-state index in [2.05, 4.69) is 5.16 Å².